The molecule has 0 aliphatic carbocycles. The maximum Gasteiger partial charge on any atom is 0.416 e. The number of carbonyl (C=O) groups excluding carboxylic acids is 1. The van der Waals surface area contributed by atoms with Crippen LogP contribution in [0.25, 0.3) is 0 Å². The van der Waals surface area contributed by atoms with E-state index >= 15 is 0 Å². The van der Waals surface area contributed by atoms with Crippen LogP contribution in [0.2, 0.25) is 0 Å². The van der Waals surface area contributed by atoms with Gasteiger partial charge in [0.25, 0.3) is 0 Å². The van der Waals surface area contributed by atoms with Crippen LogP contribution in [0, 0.1) is 5.92 Å². The van der Waals surface area contributed by atoms with Crippen LogP contribution in [-0.4, -0.2) is 25.1 Å². The first kappa shape index (κ1) is 18.3. The summed E-state index contributed by atoms with van der Waals surface area (Å²) in [6.45, 7) is 4.35. The van der Waals surface area contributed by atoms with Gasteiger partial charge in [0.15, 0.2) is 0 Å². The number of benzene rings is 1. The topological polar surface area (TPSA) is 64.4 Å². The van der Waals surface area contributed by atoms with Gasteiger partial charge in [-0.25, -0.2) is 0 Å². The predicted octanol–water partition coefficient (Wildman–Crippen LogP) is 2.57. The van der Waals surface area contributed by atoms with Gasteiger partial charge in [0.1, 0.15) is 12.4 Å². The molecule has 1 aromatic carbocycles. The fourth-order valence-electron chi connectivity index (χ4n) is 1.83. The van der Waals surface area contributed by atoms with E-state index in [2.05, 4.69) is 5.32 Å². The zero-order chi connectivity index (χ0) is 16.8. The number of hydrogen-bond acceptors (Lipinski definition) is 3. The lowest BCUT2D eigenvalue weighted by Gasteiger charge is -2.14. The summed E-state index contributed by atoms with van der Waals surface area (Å²) in [4.78, 5) is 11.6. The first-order valence-electron chi connectivity index (χ1n) is 7.03. The molecule has 0 radical (unpaired) electrons. The van der Waals surface area contributed by atoms with E-state index in [0.29, 0.717) is 18.1 Å². The third kappa shape index (κ3) is 6.34. The minimum absolute atomic E-state index is 0.158. The molecule has 0 unspecified atom stereocenters. The average Bonchev–Trinajstić information content (AvgIpc) is 2.42. The summed E-state index contributed by atoms with van der Waals surface area (Å²) in [7, 11) is 0. The molecule has 0 heterocycles. The maximum atomic E-state index is 12.4. The Bertz CT molecular complexity index is 473. The molecule has 3 N–H and O–H groups in total. The molecule has 1 amide bonds. The number of nitrogens with one attached hydrogen (secondary N) is 1. The van der Waals surface area contributed by atoms with Crippen molar-refractivity contribution in [1.82, 2.24) is 5.32 Å². The number of amides is 1. The lowest BCUT2D eigenvalue weighted by atomic mass is 10.0. The highest BCUT2D eigenvalue weighted by Crippen LogP contribution is 2.30. The number of halogens is 3. The van der Waals surface area contributed by atoms with E-state index in [1.165, 1.54) is 12.1 Å². The molecule has 0 fully saturated rings. The largest absolute Gasteiger partial charge is 0.492 e. The van der Waals surface area contributed by atoms with Crippen molar-refractivity contribution < 1.29 is 22.7 Å². The normalized spacial score (nSPS) is 13.0. The van der Waals surface area contributed by atoms with Crippen LogP contribution < -0.4 is 15.8 Å². The van der Waals surface area contributed by atoms with Gasteiger partial charge in [-0.3, -0.25) is 4.79 Å². The van der Waals surface area contributed by atoms with E-state index in [4.69, 9.17) is 10.5 Å². The Labute approximate surface area is 127 Å². The van der Waals surface area contributed by atoms with Crippen molar-refractivity contribution in [3.05, 3.63) is 29.8 Å². The van der Waals surface area contributed by atoms with Crippen molar-refractivity contribution >= 4 is 5.91 Å². The van der Waals surface area contributed by atoms with Gasteiger partial charge in [0.05, 0.1) is 18.2 Å². The standard InChI is InChI=1S/C15H21F3N2O2/c1-10(2)9-13(19)14(21)20-7-8-22-12-5-3-11(4-6-12)15(16,17)18/h3-6,10,13H,7-9,19H2,1-2H3,(H,20,21)/t13-/m0/s1. The van der Waals surface area contributed by atoms with Crippen LogP contribution in [0.15, 0.2) is 24.3 Å². The molecule has 0 saturated heterocycles. The second-order valence-corrected chi connectivity index (χ2v) is 5.40. The molecule has 0 bridgehead atoms. The summed E-state index contributed by atoms with van der Waals surface area (Å²) in [5.41, 5.74) is 4.98. The Hall–Kier alpha value is -1.76. The van der Waals surface area contributed by atoms with Crippen molar-refractivity contribution in [3.8, 4) is 5.75 Å². The van der Waals surface area contributed by atoms with Gasteiger partial charge in [0, 0.05) is 0 Å². The quantitative estimate of drug-likeness (QED) is 0.760. The molecular weight excluding hydrogens is 297 g/mol. The zero-order valence-corrected chi connectivity index (χ0v) is 12.6. The van der Waals surface area contributed by atoms with Gasteiger partial charge in [-0.05, 0) is 36.6 Å². The van der Waals surface area contributed by atoms with Crippen LogP contribution >= 0.6 is 0 Å². The Morgan fingerprint density at radius 1 is 1.27 bits per heavy atom. The van der Waals surface area contributed by atoms with Crippen LogP contribution in [0.3, 0.4) is 0 Å². The van der Waals surface area contributed by atoms with Crippen LogP contribution in [0.4, 0.5) is 13.2 Å². The molecule has 0 saturated carbocycles. The molecule has 0 spiro atoms. The van der Waals surface area contributed by atoms with Gasteiger partial charge in [-0.2, -0.15) is 13.2 Å². The minimum atomic E-state index is -4.36. The van der Waals surface area contributed by atoms with Gasteiger partial charge in [-0.1, -0.05) is 13.8 Å². The molecule has 1 rings (SSSR count). The van der Waals surface area contributed by atoms with Crippen LogP contribution in [0.5, 0.6) is 5.75 Å². The summed E-state index contributed by atoms with van der Waals surface area (Å²) in [5, 5.41) is 2.62. The fourth-order valence-corrected chi connectivity index (χ4v) is 1.83. The minimum Gasteiger partial charge on any atom is -0.492 e. The zero-order valence-electron chi connectivity index (χ0n) is 12.6. The van der Waals surface area contributed by atoms with E-state index in [1.807, 2.05) is 13.8 Å². The lowest BCUT2D eigenvalue weighted by Crippen LogP contribution is -2.42. The molecule has 22 heavy (non-hydrogen) atoms. The van der Waals surface area contributed by atoms with E-state index < -0.39 is 17.8 Å². The number of ether oxygens (including phenoxy) is 1. The van der Waals surface area contributed by atoms with Crippen molar-refractivity contribution in [2.24, 2.45) is 11.7 Å². The molecule has 1 aromatic rings. The smallest absolute Gasteiger partial charge is 0.416 e. The van der Waals surface area contributed by atoms with Gasteiger partial charge in [0.2, 0.25) is 5.91 Å². The number of rotatable bonds is 7. The lowest BCUT2D eigenvalue weighted by molar-refractivity contribution is -0.137. The number of nitrogens with two attached hydrogens (primary N) is 1. The third-order valence-electron chi connectivity index (χ3n) is 2.91. The number of hydrogen-bond donors (Lipinski definition) is 2. The molecule has 0 aliphatic rings. The Morgan fingerprint density at radius 3 is 2.36 bits per heavy atom. The summed E-state index contributed by atoms with van der Waals surface area (Å²) >= 11 is 0. The first-order chi connectivity index (χ1) is 10.2. The highest BCUT2D eigenvalue weighted by molar-refractivity contribution is 5.81. The first-order valence-corrected chi connectivity index (χ1v) is 7.03. The monoisotopic (exact) mass is 318 g/mol. The molecule has 1 atom stereocenters. The summed E-state index contributed by atoms with van der Waals surface area (Å²) in [5.74, 6) is 0.377. The molecule has 124 valence electrons. The van der Waals surface area contributed by atoms with Crippen LogP contribution in [-0.2, 0) is 11.0 Å². The summed E-state index contributed by atoms with van der Waals surface area (Å²) in [6.07, 6.45) is -3.77. The van der Waals surface area contributed by atoms with E-state index in [-0.39, 0.29) is 19.1 Å². The SMILES string of the molecule is CC(C)C[C@H](N)C(=O)NCCOc1ccc(C(F)(F)F)cc1. The Morgan fingerprint density at radius 2 is 1.86 bits per heavy atom. The number of carbonyl (C=O) groups is 1. The fraction of sp³-hybridized carbons (Fsp3) is 0.533. The van der Waals surface area contributed by atoms with Crippen LogP contribution in [0.1, 0.15) is 25.8 Å². The second kappa shape index (κ2) is 8.03. The number of alkyl halides is 3. The van der Waals surface area contributed by atoms with Crippen molar-refractivity contribution in [2.75, 3.05) is 13.2 Å². The van der Waals surface area contributed by atoms with Crippen molar-refractivity contribution in [3.63, 3.8) is 0 Å². The van der Waals surface area contributed by atoms with Gasteiger partial charge >= 0.3 is 6.18 Å². The van der Waals surface area contributed by atoms with E-state index in [0.717, 1.165) is 12.1 Å². The maximum absolute atomic E-state index is 12.4. The Kier molecular flexibility index (Phi) is 6.67. The average molecular weight is 318 g/mol. The van der Waals surface area contributed by atoms with E-state index in [9.17, 15) is 18.0 Å². The highest BCUT2D eigenvalue weighted by Gasteiger charge is 2.29. The third-order valence-corrected chi connectivity index (χ3v) is 2.91. The van der Waals surface area contributed by atoms with Gasteiger partial charge < -0.3 is 15.8 Å². The van der Waals surface area contributed by atoms with E-state index in [1.54, 1.807) is 0 Å². The molecular formula is C15H21F3N2O2. The highest BCUT2D eigenvalue weighted by atomic mass is 19.4. The summed E-state index contributed by atoms with van der Waals surface area (Å²) in [6, 6.07) is 3.83. The van der Waals surface area contributed by atoms with Crippen molar-refractivity contribution in [2.45, 2.75) is 32.5 Å². The molecule has 0 aromatic heterocycles. The second-order valence-electron chi connectivity index (χ2n) is 5.40. The molecule has 7 heteroatoms. The molecule has 0 aliphatic heterocycles. The van der Waals surface area contributed by atoms with Gasteiger partial charge in [-0.15, -0.1) is 0 Å². The van der Waals surface area contributed by atoms with Crippen molar-refractivity contribution in [1.29, 1.82) is 0 Å². The molecule has 4 nitrogen and oxygen atoms in total. The predicted molar refractivity (Wildman–Crippen MR) is 77.4 cm³/mol. The summed E-state index contributed by atoms with van der Waals surface area (Å²) < 4.78 is 42.4. The Balaban J connectivity index is 2.31.